The quantitative estimate of drug-likeness (QED) is 0.428. The Labute approximate surface area is 186 Å². The zero-order chi connectivity index (χ0) is 22.3. The first-order valence-corrected chi connectivity index (χ1v) is 10.4. The SMILES string of the molecule is CCCOc1ccc(C(=O)Nc2cc(-c3ccc(OC)cc3)nn2-c2ccccn2)cc1. The second kappa shape index (κ2) is 9.78. The van der Waals surface area contributed by atoms with Gasteiger partial charge in [-0.15, -0.1) is 0 Å². The van der Waals surface area contributed by atoms with Crippen molar-refractivity contribution in [2.45, 2.75) is 13.3 Å². The molecule has 32 heavy (non-hydrogen) atoms. The van der Waals surface area contributed by atoms with Crippen molar-refractivity contribution >= 4 is 11.7 Å². The van der Waals surface area contributed by atoms with Crippen LogP contribution in [-0.2, 0) is 0 Å². The molecule has 0 bridgehead atoms. The lowest BCUT2D eigenvalue weighted by Gasteiger charge is -2.09. The third kappa shape index (κ3) is 4.78. The Bertz CT molecular complexity index is 1170. The molecule has 0 aliphatic heterocycles. The summed E-state index contributed by atoms with van der Waals surface area (Å²) in [5.74, 6) is 2.38. The first-order valence-electron chi connectivity index (χ1n) is 10.4. The van der Waals surface area contributed by atoms with Gasteiger partial charge in [0.15, 0.2) is 5.82 Å². The molecule has 0 aliphatic rings. The molecule has 2 heterocycles. The molecule has 2 aromatic carbocycles. The van der Waals surface area contributed by atoms with Crippen molar-refractivity contribution in [1.29, 1.82) is 0 Å². The van der Waals surface area contributed by atoms with Crippen LogP contribution in [0, 0.1) is 0 Å². The average molecular weight is 428 g/mol. The highest BCUT2D eigenvalue weighted by molar-refractivity contribution is 6.04. The molecule has 4 rings (SSSR count). The van der Waals surface area contributed by atoms with Crippen LogP contribution in [-0.4, -0.2) is 34.4 Å². The van der Waals surface area contributed by atoms with E-state index in [4.69, 9.17) is 9.47 Å². The van der Waals surface area contributed by atoms with E-state index in [1.54, 1.807) is 42.3 Å². The second-order valence-electron chi connectivity index (χ2n) is 7.07. The first kappa shape index (κ1) is 21.1. The summed E-state index contributed by atoms with van der Waals surface area (Å²) in [7, 11) is 1.63. The van der Waals surface area contributed by atoms with Crippen LogP contribution in [0.15, 0.2) is 79.0 Å². The van der Waals surface area contributed by atoms with Gasteiger partial charge < -0.3 is 14.8 Å². The maximum absolute atomic E-state index is 12.9. The van der Waals surface area contributed by atoms with Crippen molar-refractivity contribution in [3.8, 4) is 28.6 Å². The number of aromatic nitrogens is 3. The summed E-state index contributed by atoms with van der Waals surface area (Å²) < 4.78 is 12.4. The van der Waals surface area contributed by atoms with Crippen LogP contribution >= 0.6 is 0 Å². The largest absolute Gasteiger partial charge is 0.497 e. The first-order chi connectivity index (χ1) is 15.7. The van der Waals surface area contributed by atoms with E-state index in [1.165, 1.54) is 0 Å². The molecule has 7 heteroatoms. The van der Waals surface area contributed by atoms with E-state index >= 15 is 0 Å². The number of pyridine rings is 1. The summed E-state index contributed by atoms with van der Waals surface area (Å²) in [5, 5.41) is 7.64. The lowest BCUT2D eigenvalue weighted by atomic mass is 10.1. The summed E-state index contributed by atoms with van der Waals surface area (Å²) in [6.45, 7) is 2.69. The zero-order valence-corrected chi connectivity index (χ0v) is 18.0. The lowest BCUT2D eigenvalue weighted by molar-refractivity contribution is 0.102. The highest BCUT2D eigenvalue weighted by Gasteiger charge is 2.16. The molecule has 0 radical (unpaired) electrons. The molecule has 162 valence electrons. The summed E-state index contributed by atoms with van der Waals surface area (Å²) in [6, 6.07) is 22.0. The van der Waals surface area contributed by atoms with Crippen molar-refractivity contribution in [3.63, 3.8) is 0 Å². The number of methoxy groups -OCH3 is 1. The number of carbonyl (C=O) groups excluding carboxylic acids is 1. The van der Waals surface area contributed by atoms with Gasteiger partial charge in [0.2, 0.25) is 0 Å². The van der Waals surface area contributed by atoms with E-state index in [9.17, 15) is 4.79 Å². The fraction of sp³-hybridized carbons (Fsp3) is 0.160. The van der Waals surface area contributed by atoms with Gasteiger partial charge in [0.25, 0.3) is 5.91 Å². The van der Waals surface area contributed by atoms with E-state index < -0.39 is 0 Å². The van der Waals surface area contributed by atoms with Crippen molar-refractivity contribution < 1.29 is 14.3 Å². The molecule has 7 nitrogen and oxygen atoms in total. The zero-order valence-electron chi connectivity index (χ0n) is 18.0. The molecule has 4 aromatic rings. The monoisotopic (exact) mass is 428 g/mol. The smallest absolute Gasteiger partial charge is 0.256 e. The predicted octanol–water partition coefficient (Wildman–Crippen LogP) is 4.98. The Kier molecular flexibility index (Phi) is 6.46. The summed E-state index contributed by atoms with van der Waals surface area (Å²) in [4.78, 5) is 17.3. The standard InChI is InChI=1S/C25H24N4O3/c1-3-16-32-21-13-9-19(10-14-21)25(30)27-24-17-22(18-7-11-20(31-2)12-8-18)28-29(24)23-6-4-5-15-26-23/h4-15,17H,3,16H2,1-2H3,(H,27,30). The summed E-state index contributed by atoms with van der Waals surface area (Å²) in [6.07, 6.45) is 2.61. The molecule has 0 saturated heterocycles. The fourth-order valence-corrected chi connectivity index (χ4v) is 3.14. The van der Waals surface area contributed by atoms with Crippen LogP contribution < -0.4 is 14.8 Å². The maximum atomic E-state index is 12.9. The number of hydrogen-bond donors (Lipinski definition) is 1. The lowest BCUT2D eigenvalue weighted by Crippen LogP contribution is -2.15. The van der Waals surface area contributed by atoms with Crippen LogP contribution in [0.3, 0.4) is 0 Å². The van der Waals surface area contributed by atoms with Crippen molar-refractivity contribution in [2.24, 2.45) is 0 Å². The summed E-state index contributed by atoms with van der Waals surface area (Å²) >= 11 is 0. The number of ether oxygens (including phenoxy) is 2. The highest BCUT2D eigenvalue weighted by atomic mass is 16.5. The number of nitrogens with one attached hydrogen (secondary N) is 1. The Morgan fingerprint density at radius 3 is 2.41 bits per heavy atom. The van der Waals surface area contributed by atoms with Gasteiger partial charge in [-0.3, -0.25) is 4.79 Å². The van der Waals surface area contributed by atoms with Gasteiger partial charge >= 0.3 is 0 Å². The Balaban J connectivity index is 1.62. The van der Waals surface area contributed by atoms with Gasteiger partial charge in [0, 0.05) is 23.4 Å². The van der Waals surface area contributed by atoms with Gasteiger partial charge in [-0.25, -0.2) is 4.98 Å². The van der Waals surface area contributed by atoms with E-state index in [0.717, 1.165) is 23.5 Å². The van der Waals surface area contributed by atoms with E-state index in [2.05, 4.69) is 15.4 Å². The van der Waals surface area contributed by atoms with Gasteiger partial charge in [0.05, 0.1) is 19.4 Å². The van der Waals surface area contributed by atoms with Crippen molar-refractivity contribution in [3.05, 3.63) is 84.6 Å². The minimum atomic E-state index is -0.245. The van der Waals surface area contributed by atoms with Gasteiger partial charge in [-0.05, 0) is 67.1 Å². The van der Waals surface area contributed by atoms with E-state index in [-0.39, 0.29) is 5.91 Å². The molecule has 2 aromatic heterocycles. The number of carbonyl (C=O) groups is 1. The number of amides is 1. The van der Waals surface area contributed by atoms with E-state index in [0.29, 0.717) is 29.5 Å². The molecular weight excluding hydrogens is 404 g/mol. The minimum Gasteiger partial charge on any atom is -0.497 e. The van der Waals surface area contributed by atoms with Crippen LogP contribution in [0.25, 0.3) is 17.1 Å². The van der Waals surface area contributed by atoms with Crippen LogP contribution in [0.1, 0.15) is 23.7 Å². The Hall–Kier alpha value is -4.13. The van der Waals surface area contributed by atoms with Crippen molar-refractivity contribution in [2.75, 3.05) is 19.0 Å². The molecule has 0 spiro atoms. The fourth-order valence-electron chi connectivity index (χ4n) is 3.14. The van der Waals surface area contributed by atoms with Gasteiger partial charge in [-0.2, -0.15) is 9.78 Å². The molecule has 0 aliphatic carbocycles. The third-order valence-corrected chi connectivity index (χ3v) is 4.79. The van der Waals surface area contributed by atoms with Crippen LogP contribution in [0.4, 0.5) is 5.82 Å². The molecule has 1 amide bonds. The van der Waals surface area contributed by atoms with Crippen LogP contribution in [0.5, 0.6) is 11.5 Å². The van der Waals surface area contributed by atoms with Crippen molar-refractivity contribution in [1.82, 2.24) is 14.8 Å². The molecular formula is C25H24N4O3. The normalized spacial score (nSPS) is 10.6. The third-order valence-electron chi connectivity index (χ3n) is 4.79. The average Bonchev–Trinajstić information content (AvgIpc) is 3.27. The Morgan fingerprint density at radius 2 is 1.75 bits per heavy atom. The number of rotatable bonds is 8. The Morgan fingerprint density at radius 1 is 1.00 bits per heavy atom. The minimum absolute atomic E-state index is 0.245. The summed E-state index contributed by atoms with van der Waals surface area (Å²) in [5.41, 5.74) is 2.12. The maximum Gasteiger partial charge on any atom is 0.256 e. The molecule has 0 atom stereocenters. The topological polar surface area (TPSA) is 78.3 Å². The molecule has 0 fully saturated rings. The highest BCUT2D eigenvalue weighted by Crippen LogP contribution is 2.26. The molecule has 1 N–H and O–H groups in total. The molecule has 0 saturated carbocycles. The number of nitrogens with zero attached hydrogens (tertiary/aromatic N) is 3. The molecule has 0 unspecified atom stereocenters. The van der Waals surface area contributed by atoms with Gasteiger partial charge in [-0.1, -0.05) is 13.0 Å². The number of anilines is 1. The van der Waals surface area contributed by atoms with Gasteiger partial charge in [0.1, 0.15) is 17.3 Å². The van der Waals surface area contributed by atoms with E-state index in [1.807, 2.05) is 55.5 Å². The van der Waals surface area contributed by atoms with Crippen LogP contribution in [0.2, 0.25) is 0 Å². The number of benzene rings is 2. The number of hydrogen-bond acceptors (Lipinski definition) is 5. The predicted molar refractivity (Wildman–Crippen MR) is 124 cm³/mol. The second-order valence-corrected chi connectivity index (χ2v) is 7.07.